The van der Waals surface area contributed by atoms with E-state index in [9.17, 15) is 0 Å². The Labute approximate surface area is 121 Å². The second-order valence-corrected chi connectivity index (χ2v) is 6.10. The maximum absolute atomic E-state index is 2.71. The molecule has 0 unspecified atom stereocenters. The van der Waals surface area contributed by atoms with Crippen LogP contribution in [0, 0.1) is 0 Å². The molecule has 2 aliphatic rings. The summed E-state index contributed by atoms with van der Waals surface area (Å²) < 4.78 is 0. The first-order valence-electron chi connectivity index (χ1n) is 7.81. The van der Waals surface area contributed by atoms with E-state index in [4.69, 9.17) is 0 Å². The minimum absolute atomic E-state index is 0.543. The fourth-order valence-electron chi connectivity index (χ4n) is 4.00. The van der Waals surface area contributed by atoms with Gasteiger partial charge in [0, 0.05) is 18.5 Å². The molecule has 2 aliphatic heterocycles. The van der Waals surface area contributed by atoms with Gasteiger partial charge >= 0.3 is 0 Å². The third kappa shape index (κ3) is 1.97. The Hall–Kier alpha value is -1.60. The lowest BCUT2D eigenvalue weighted by Crippen LogP contribution is -2.41. The summed E-state index contributed by atoms with van der Waals surface area (Å²) >= 11 is 0. The molecule has 102 valence electrons. The van der Waals surface area contributed by atoms with Gasteiger partial charge in [-0.15, -0.1) is 0 Å². The largest absolute Gasteiger partial charge is 0.295 e. The van der Waals surface area contributed by atoms with Crippen molar-refractivity contribution in [2.45, 2.75) is 31.2 Å². The zero-order chi connectivity index (χ0) is 13.4. The summed E-state index contributed by atoms with van der Waals surface area (Å²) in [5.41, 5.74) is 4.60. The summed E-state index contributed by atoms with van der Waals surface area (Å²) in [5.74, 6) is 0.543. The Morgan fingerprint density at radius 1 is 0.800 bits per heavy atom. The van der Waals surface area contributed by atoms with Crippen molar-refractivity contribution in [2.75, 3.05) is 13.1 Å². The van der Waals surface area contributed by atoms with Gasteiger partial charge in [0.05, 0.1) is 0 Å². The van der Waals surface area contributed by atoms with Crippen molar-refractivity contribution in [3.05, 3.63) is 71.3 Å². The van der Waals surface area contributed by atoms with Gasteiger partial charge in [-0.05, 0) is 36.1 Å². The highest BCUT2D eigenvalue weighted by molar-refractivity contribution is 5.42. The average Bonchev–Trinajstić information content (AvgIpc) is 2.55. The second-order valence-electron chi connectivity index (χ2n) is 6.10. The molecular weight excluding hydrogens is 242 g/mol. The Balaban J connectivity index is 1.81. The number of piperidine rings is 1. The van der Waals surface area contributed by atoms with Crippen LogP contribution in [-0.2, 0) is 0 Å². The molecule has 1 heteroatoms. The van der Waals surface area contributed by atoms with E-state index < -0.39 is 0 Å². The van der Waals surface area contributed by atoms with Crippen LogP contribution in [0.5, 0.6) is 0 Å². The standard InChI is InChI=1S/C19H21N/c1-2-8-15(9-3-1)18-14-20-13-7-6-12-19(20)17-11-5-4-10-16(17)18/h1-5,8-11,18-19H,6-7,12-14H2/t18-,19+/m0/s1. The Morgan fingerprint density at radius 3 is 2.40 bits per heavy atom. The maximum Gasteiger partial charge on any atom is 0.0351 e. The number of nitrogens with zero attached hydrogens (tertiary/aromatic N) is 1. The van der Waals surface area contributed by atoms with Crippen molar-refractivity contribution in [1.29, 1.82) is 0 Å². The average molecular weight is 263 g/mol. The molecule has 0 aliphatic carbocycles. The van der Waals surface area contributed by atoms with Gasteiger partial charge in [0.25, 0.3) is 0 Å². The van der Waals surface area contributed by atoms with Crippen molar-refractivity contribution in [3.8, 4) is 0 Å². The van der Waals surface area contributed by atoms with Gasteiger partial charge in [-0.1, -0.05) is 61.0 Å². The zero-order valence-corrected chi connectivity index (χ0v) is 11.8. The van der Waals surface area contributed by atoms with Crippen molar-refractivity contribution >= 4 is 0 Å². The number of rotatable bonds is 1. The third-order valence-corrected chi connectivity index (χ3v) is 4.96. The van der Waals surface area contributed by atoms with Gasteiger partial charge in [-0.25, -0.2) is 0 Å². The van der Waals surface area contributed by atoms with Gasteiger partial charge < -0.3 is 0 Å². The maximum atomic E-state index is 2.71. The molecule has 0 saturated carbocycles. The van der Waals surface area contributed by atoms with E-state index in [1.54, 1.807) is 11.1 Å². The molecule has 0 spiro atoms. The molecule has 0 bridgehead atoms. The van der Waals surface area contributed by atoms with Crippen LogP contribution >= 0.6 is 0 Å². The van der Waals surface area contributed by atoms with Crippen LogP contribution in [0.2, 0.25) is 0 Å². The SMILES string of the molecule is c1ccc([C@@H]2CN3CCCC[C@@H]3c3ccccc32)cc1. The van der Waals surface area contributed by atoms with Crippen molar-refractivity contribution in [1.82, 2.24) is 4.90 Å². The van der Waals surface area contributed by atoms with Crippen LogP contribution < -0.4 is 0 Å². The topological polar surface area (TPSA) is 3.24 Å². The molecule has 2 aromatic rings. The third-order valence-electron chi connectivity index (χ3n) is 4.96. The second kappa shape index (κ2) is 5.06. The Kier molecular flexibility index (Phi) is 3.08. The molecule has 0 amide bonds. The van der Waals surface area contributed by atoms with Gasteiger partial charge in [-0.3, -0.25) is 4.90 Å². The smallest absolute Gasteiger partial charge is 0.0351 e. The molecule has 1 saturated heterocycles. The molecule has 0 radical (unpaired) electrons. The Morgan fingerprint density at radius 2 is 1.55 bits per heavy atom. The summed E-state index contributed by atoms with van der Waals surface area (Å²) in [7, 11) is 0. The summed E-state index contributed by atoms with van der Waals surface area (Å²) in [6.07, 6.45) is 4.07. The van der Waals surface area contributed by atoms with E-state index in [2.05, 4.69) is 59.5 Å². The molecule has 1 fully saturated rings. The summed E-state index contributed by atoms with van der Waals surface area (Å²) in [6, 6.07) is 20.8. The summed E-state index contributed by atoms with van der Waals surface area (Å²) in [5, 5.41) is 0. The minimum atomic E-state index is 0.543. The van der Waals surface area contributed by atoms with Gasteiger partial charge in [0.1, 0.15) is 0 Å². The lowest BCUT2D eigenvalue weighted by atomic mass is 9.79. The van der Waals surface area contributed by atoms with E-state index in [0.717, 1.165) is 0 Å². The van der Waals surface area contributed by atoms with Gasteiger partial charge in [0.2, 0.25) is 0 Å². The normalized spacial score (nSPS) is 25.8. The van der Waals surface area contributed by atoms with E-state index in [-0.39, 0.29) is 0 Å². The highest BCUT2D eigenvalue weighted by Crippen LogP contribution is 2.43. The van der Waals surface area contributed by atoms with Crippen molar-refractivity contribution in [3.63, 3.8) is 0 Å². The molecule has 1 nitrogen and oxygen atoms in total. The first-order chi connectivity index (χ1) is 9.93. The summed E-state index contributed by atoms with van der Waals surface area (Å²) in [4.78, 5) is 2.71. The predicted octanol–water partition coefficient (Wildman–Crippen LogP) is 4.36. The molecule has 20 heavy (non-hydrogen) atoms. The molecular formula is C19H21N. The van der Waals surface area contributed by atoms with Crippen LogP contribution in [0.25, 0.3) is 0 Å². The van der Waals surface area contributed by atoms with Gasteiger partial charge in [-0.2, -0.15) is 0 Å². The van der Waals surface area contributed by atoms with Crippen molar-refractivity contribution < 1.29 is 0 Å². The van der Waals surface area contributed by atoms with E-state index in [0.29, 0.717) is 12.0 Å². The van der Waals surface area contributed by atoms with Crippen molar-refractivity contribution in [2.24, 2.45) is 0 Å². The number of fused-ring (bicyclic) bond motifs is 3. The molecule has 0 aromatic heterocycles. The molecule has 2 aromatic carbocycles. The number of hydrogen-bond acceptors (Lipinski definition) is 1. The zero-order valence-electron chi connectivity index (χ0n) is 11.8. The fraction of sp³-hybridized carbons (Fsp3) is 0.368. The Bertz CT molecular complexity index is 590. The lowest BCUT2D eigenvalue weighted by molar-refractivity contribution is 0.130. The monoisotopic (exact) mass is 263 g/mol. The summed E-state index contributed by atoms with van der Waals surface area (Å²) in [6.45, 7) is 2.45. The van der Waals surface area contributed by atoms with Crippen LogP contribution in [0.15, 0.2) is 54.6 Å². The number of benzene rings is 2. The van der Waals surface area contributed by atoms with Crippen LogP contribution in [0.3, 0.4) is 0 Å². The quantitative estimate of drug-likeness (QED) is 0.739. The van der Waals surface area contributed by atoms with E-state index in [1.807, 2.05) is 0 Å². The minimum Gasteiger partial charge on any atom is -0.295 e. The lowest BCUT2D eigenvalue weighted by Gasteiger charge is -2.44. The molecule has 0 N–H and O–H groups in total. The highest BCUT2D eigenvalue weighted by Gasteiger charge is 2.34. The van der Waals surface area contributed by atoms with Crippen LogP contribution in [0.4, 0.5) is 0 Å². The number of hydrogen-bond donors (Lipinski definition) is 0. The van der Waals surface area contributed by atoms with Crippen LogP contribution in [-0.4, -0.2) is 18.0 Å². The fourth-order valence-corrected chi connectivity index (χ4v) is 4.00. The predicted molar refractivity (Wildman–Crippen MR) is 82.9 cm³/mol. The van der Waals surface area contributed by atoms with Crippen LogP contribution in [0.1, 0.15) is 47.9 Å². The van der Waals surface area contributed by atoms with E-state index in [1.165, 1.54) is 37.9 Å². The first-order valence-corrected chi connectivity index (χ1v) is 7.81. The van der Waals surface area contributed by atoms with Gasteiger partial charge in [0.15, 0.2) is 0 Å². The van der Waals surface area contributed by atoms with E-state index >= 15 is 0 Å². The first kappa shape index (κ1) is 12.2. The molecule has 2 heterocycles. The molecule has 4 rings (SSSR count). The molecule has 2 atom stereocenters. The highest BCUT2D eigenvalue weighted by atomic mass is 15.2.